The highest BCUT2D eigenvalue weighted by molar-refractivity contribution is 7.87. The second-order valence-electron chi connectivity index (χ2n) is 3.80. The lowest BCUT2D eigenvalue weighted by molar-refractivity contribution is -0.140. The second-order valence-corrected chi connectivity index (χ2v) is 6.09. The van der Waals surface area contributed by atoms with Gasteiger partial charge in [-0.1, -0.05) is 6.42 Å². The maximum atomic E-state index is 11.8. The highest BCUT2D eigenvalue weighted by Gasteiger charge is 2.25. The molecule has 1 fully saturated rings. The topological polar surface area (TPSA) is 75.7 Å². The first kappa shape index (κ1) is 14.7. The standard InChI is InChI=1S/C9H17ClN2O4S/c1-16-9(13)8(10)7-11-17(14,15)12-5-3-2-4-6-12/h8,11H,2-7H2,1H3. The number of carbonyl (C=O) groups is 1. The zero-order valence-electron chi connectivity index (χ0n) is 9.69. The maximum Gasteiger partial charge on any atom is 0.325 e. The molecule has 0 aromatic heterocycles. The molecule has 0 aromatic carbocycles. The van der Waals surface area contributed by atoms with E-state index in [1.807, 2.05) is 0 Å². The molecule has 0 radical (unpaired) electrons. The van der Waals surface area contributed by atoms with Crippen LogP contribution in [0.3, 0.4) is 0 Å². The molecular formula is C9H17ClN2O4S. The Morgan fingerprint density at radius 3 is 2.53 bits per heavy atom. The number of hydrogen-bond acceptors (Lipinski definition) is 4. The van der Waals surface area contributed by atoms with Gasteiger partial charge in [0.2, 0.25) is 0 Å². The number of halogens is 1. The third-order valence-electron chi connectivity index (χ3n) is 2.56. The van der Waals surface area contributed by atoms with Crippen LogP contribution in [0.2, 0.25) is 0 Å². The third kappa shape index (κ3) is 4.42. The zero-order valence-corrected chi connectivity index (χ0v) is 11.3. The number of esters is 1. The number of carbonyl (C=O) groups excluding carboxylic acids is 1. The number of rotatable bonds is 5. The van der Waals surface area contributed by atoms with E-state index < -0.39 is 21.6 Å². The van der Waals surface area contributed by atoms with Gasteiger partial charge >= 0.3 is 5.97 Å². The van der Waals surface area contributed by atoms with Crippen molar-refractivity contribution in [1.82, 2.24) is 9.03 Å². The zero-order chi connectivity index (χ0) is 12.9. The number of methoxy groups -OCH3 is 1. The summed E-state index contributed by atoms with van der Waals surface area (Å²) >= 11 is 5.66. The van der Waals surface area contributed by atoms with Gasteiger partial charge in [0, 0.05) is 19.6 Å². The molecule has 0 amide bonds. The predicted molar refractivity (Wildman–Crippen MR) is 64.0 cm³/mol. The molecule has 1 unspecified atom stereocenters. The maximum absolute atomic E-state index is 11.8. The fraction of sp³-hybridized carbons (Fsp3) is 0.889. The number of piperidine rings is 1. The summed E-state index contributed by atoms with van der Waals surface area (Å²) in [5, 5.41) is -1.00. The van der Waals surface area contributed by atoms with Crippen molar-refractivity contribution in [3.05, 3.63) is 0 Å². The van der Waals surface area contributed by atoms with Crippen LogP contribution in [0, 0.1) is 0 Å². The van der Waals surface area contributed by atoms with Crippen LogP contribution in [0.5, 0.6) is 0 Å². The van der Waals surface area contributed by atoms with Crippen molar-refractivity contribution in [3.63, 3.8) is 0 Å². The van der Waals surface area contributed by atoms with Gasteiger partial charge in [-0.2, -0.15) is 12.7 Å². The van der Waals surface area contributed by atoms with E-state index in [4.69, 9.17) is 11.6 Å². The smallest absolute Gasteiger partial charge is 0.325 e. The van der Waals surface area contributed by atoms with Crippen LogP contribution in [0.25, 0.3) is 0 Å². The quantitative estimate of drug-likeness (QED) is 0.573. The van der Waals surface area contributed by atoms with Crippen molar-refractivity contribution < 1.29 is 17.9 Å². The summed E-state index contributed by atoms with van der Waals surface area (Å²) in [6.45, 7) is 0.869. The molecular weight excluding hydrogens is 268 g/mol. The van der Waals surface area contributed by atoms with Crippen LogP contribution in [0.1, 0.15) is 19.3 Å². The van der Waals surface area contributed by atoms with E-state index in [1.54, 1.807) is 0 Å². The second kappa shape index (κ2) is 6.53. The van der Waals surface area contributed by atoms with E-state index in [2.05, 4.69) is 9.46 Å². The minimum Gasteiger partial charge on any atom is -0.468 e. The Labute approximate surface area is 106 Å². The number of alkyl halides is 1. The average Bonchev–Trinajstić information content (AvgIpc) is 2.36. The van der Waals surface area contributed by atoms with E-state index in [1.165, 1.54) is 11.4 Å². The van der Waals surface area contributed by atoms with Crippen molar-refractivity contribution in [1.29, 1.82) is 0 Å². The van der Waals surface area contributed by atoms with Crippen LogP contribution in [0.15, 0.2) is 0 Å². The molecule has 0 saturated carbocycles. The lowest BCUT2D eigenvalue weighted by atomic mass is 10.2. The lowest BCUT2D eigenvalue weighted by Crippen LogP contribution is -2.45. The van der Waals surface area contributed by atoms with Gasteiger partial charge in [-0.05, 0) is 12.8 Å². The normalized spacial score (nSPS) is 19.9. The molecule has 1 atom stereocenters. The Hall–Kier alpha value is -0.370. The Bertz CT molecular complexity index is 354. The molecule has 1 aliphatic heterocycles. The molecule has 0 aromatic rings. The van der Waals surface area contributed by atoms with Gasteiger partial charge in [0.25, 0.3) is 10.2 Å². The highest BCUT2D eigenvalue weighted by Crippen LogP contribution is 2.12. The van der Waals surface area contributed by atoms with Crippen molar-refractivity contribution in [2.45, 2.75) is 24.6 Å². The largest absolute Gasteiger partial charge is 0.468 e. The van der Waals surface area contributed by atoms with E-state index in [9.17, 15) is 13.2 Å². The summed E-state index contributed by atoms with van der Waals surface area (Å²) in [6, 6.07) is 0. The molecule has 1 saturated heterocycles. The first-order valence-corrected chi connectivity index (χ1v) is 7.31. The van der Waals surface area contributed by atoms with Crippen LogP contribution >= 0.6 is 11.6 Å². The van der Waals surface area contributed by atoms with Crippen LogP contribution in [-0.2, 0) is 19.7 Å². The van der Waals surface area contributed by atoms with Crippen molar-refractivity contribution in [3.8, 4) is 0 Å². The number of ether oxygens (including phenoxy) is 1. The van der Waals surface area contributed by atoms with Gasteiger partial charge in [0.15, 0.2) is 0 Å². The first-order chi connectivity index (χ1) is 7.97. The van der Waals surface area contributed by atoms with E-state index in [-0.39, 0.29) is 6.54 Å². The Morgan fingerprint density at radius 1 is 1.41 bits per heavy atom. The molecule has 1 rings (SSSR count). The van der Waals surface area contributed by atoms with Gasteiger partial charge in [-0.15, -0.1) is 11.6 Å². The molecule has 1 heterocycles. The van der Waals surface area contributed by atoms with Gasteiger partial charge in [-0.25, -0.2) is 4.72 Å². The summed E-state index contributed by atoms with van der Waals surface area (Å²) in [5.74, 6) is -0.645. The fourth-order valence-corrected chi connectivity index (χ4v) is 3.14. The monoisotopic (exact) mass is 284 g/mol. The SMILES string of the molecule is COC(=O)C(Cl)CNS(=O)(=O)N1CCCCC1. The van der Waals surface area contributed by atoms with Crippen molar-refractivity contribution in [2.75, 3.05) is 26.7 Å². The summed E-state index contributed by atoms with van der Waals surface area (Å²) in [4.78, 5) is 11.0. The molecule has 1 aliphatic rings. The average molecular weight is 285 g/mol. The minimum atomic E-state index is -3.53. The summed E-state index contributed by atoms with van der Waals surface area (Å²) in [7, 11) is -2.32. The lowest BCUT2D eigenvalue weighted by Gasteiger charge is -2.26. The Kier molecular flexibility index (Phi) is 5.64. The number of nitrogens with zero attached hydrogens (tertiary/aromatic N) is 1. The van der Waals surface area contributed by atoms with E-state index in [0.717, 1.165) is 19.3 Å². The molecule has 0 spiro atoms. The van der Waals surface area contributed by atoms with Crippen molar-refractivity contribution in [2.24, 2.45) is 0 Å². The summed E-state index contributed by atoms with van der Waals surface area (Å²) in [6.07, 6.45) is 2.77. The van der Waals surface area contributed by atoms with Gasteiger partial charge < -0.3 is 4.74 Å². The molecule has 6 nitrogen and oxygen atoms in total. The fourth-order valence-electron chi connectivity index (χ4n) is 1.59. The van der Waals surface area contributed by atoms with Gasteiger partial charge in [0.1, 0.15) is 5.38 Å². The minimum absolute atomic E-state index is 0.160. The summed E-state index contributed by atoms with van der Waals surface area (Å²) in [5.41, 5.74) is 0. The molecule has 100 valence electrons. The van der Waals surface area contributed by atoms with Crippen molar-refractivity contribution >= 4 is 27.8 Å². The van der Waals surface area contributed by atoms with Crippen LogP contribution in [0.4, 0.5) is 0 Å². The Morgan fingerprint density at radius 2 is 2.00 bits per heavy atom. The number of nitrogens with one attached hydrogen (secondary N) is 1. The molecule has 0 bridgehead atoms. The van der Waals surface area contributed by atoms with E-state index >= 15 is 0 Å². The highest BCUT2D eigenvalue weighted by atomic mass is 35.5. The molecule has 1 N–H and O–H groups in total. The molecule has 17 heavy (non-hydrogen) atoms. The van der Waals surface area contributed by atoms with Crippen LogP contribution < -0.4 is 4.72 Å². The first-order valence-electron chi connectivity index (χ1n) is 5.44. The predicted octanol–water partition coefficient (Wildman–Crippen LogP) is 0.0871. The van der Waals surface area contributed by atoms with E-state index in [0.29, 0.717) is 13.1 Å². The molecule has 8 heteroatoms. The number of hydrogen-bond donors (Lipinski definition) is 1. The van der Waals surface area contributed by atoms with Gasteiger partial charge in [-0.3, -0.25) is 4.79 Å². The Balaban J connectivity index is 2.46. The molecule has 0 aliphatic carbocycles. The van der Waals surface area contributed by atoms with Gasteiger partial charge in [0.05, 0.1) is 7.11 Å². The van der Waals surface area contributed by atoms with Crippen LogP contribution in [-0.4, -0.2) is 50.8 Å². The third-order valence-corrected chi connectivity index (χ3v) is 4.47. The summed E-state index contributed by atoms with van der Waals surface area (Å²) < 4.78 is 31.7.